The molecule has 18 heavy (non-hydrogen) atoms. The van der Waals surface area contributed by atoms with Crippen molar-refractivity contribution >= 4 is 17.3 Å². The highest BCUT2D eigenvalue weighted by Crippen LogP contribution is 2.29. The molecule has 3 N–H and O–H groups in total. The molecule has 0 bridgehead atoms. The van der Waals surface area contributed by atoms with Gasteiger partial charge < -0.3 is 11.1 Å². The molecule has 0 amide bonds. The number of nitrogens with two attached hydrogens (primary N) is 1. The normalized spacial score (nSPS) is 10.7. The van der Waals surface area contributed by atoms with Crippen LogP contribution < -0.4 is 11.1 Å². The Bertz CT molecular complexity index is 547. The van der Waals surface area contributed by atoms with Crippen LogP contribution in [0.3, 0.4) is 0 Å². The summed E-state index contributed by atoms with van der Waals surface area (Å²) in [6.45, 7) is 6.47. The van der Waals surface area contributed by atoms with Crippen LogP contribution in [0.5, 0.6) is 0 Å². The van der Waals surface area contributed by atoms with Gasteiger partial charge in [0.1, 0.15) is 11.6 Å². The Morgan fingerprint density at radius 1 is 1.11 bits per heavy atom. The Labute approximate surface area is 108 Å². The fourth-order valence-corrected chi connectivity index (χ4v) is 1.99. The van der Waals surface area contributed by atoms with Gasteiger partial charge in [0.15, 0.2) is 0 Å². The van der Waals surface area contributed by atoms with E-state index in [0.717, 1.165) is 11.5 Å². The van der Waals surface area contributed by atoms with E-state index in [-0.39, 0.29) is 0 Å². The zero-order valence-corrected chi connectivity index (χ0v) is 11.1. The molecule has 0 atom stereocenters. The summed E-state index contributed by atoms with van der Waals surface area (Å²) in [5, 5.41) is 3.37. The second-order valence-electron chi connectivity index (χ2n) is 4.77. The van der Waals surface area contributed by atoms with Crippen LogP contribution in [0.2, 0.25) is 0 Å². The smallest absolute Gasteiger partial charge is 0.132 e. The van der Waals surface area contributed by atoms with E-state index in [0.29, 0.717) is 11.7 Å². The lowest BCUT2D eigenvalue weighted by Crippen LogP contribution is -2.02. The van der Waals surface area contributed by atoms with Crippen molar-refractivity contribution in [3.8, 4) is 0 Å². The van der Waals surface area contributed by atoms with Crippen molar-refractivity contribution in [1.29, 1.82) is 0 Å². The molecule has 0 aliphatic carbocycles. The van der Waals surface area contributed by atoms with Crippen LogP contribution in [0.25, 0.3) is 0 Å². The fraction of sp³-hybridized carbons (Fsp3) is 0.267. The number of nitrogen functional groups attached to an aromatic ring is 1. The second-order valence-corrected chi connectivity index (χ2v) is 4.77. The first-order valence-corrected chi connectivity index (χ1v) is 6.17. The highest BCUT2D eigenvalue weighted by Gasteiger charge is 2.09. The molecule has 0 unspecified atom stereocenters. The largest absolute Gasteiger partial charge is 0.384 e. The third-order valence-corrected chi connectivity index (χ3v) is 2.95. The van der Waals surface area contributed by atoms with E-state index in [1.807, 2.05) is 12.1 Å². The number of pyridine rings is 1. The summed E-state index contributed by atoms with van der Waals surface area (Å²) >= 11 is 0. The van der Waals surface area contributed by atoms with Crippen LogP contribution in [0.15, 0.2) is 36.4 Å². The molecule has 0 fully saturated rings. The summed E-state index contributed by atoms with van der Waals surface area (Å²) in [6.07, 6.45) is 0. The number of anilines is 3. The maximum absolute atomic E-state index is 5.70. The lowest BCUT2D eigenvalue weighted by atomic mass is 9.98. The van der Waals surface area contributed by atoms with Gasteiger partial charge in [0.2, 0.25) is 0 Å². The molecule has 0 saturated heterocycles. The minimum absolute atomic E-state index is 0.466. The van der Waals surface area contributed by atoms with E-state index in [1.54, 1.807) is 6.07 Å². The summed E-state index contributed by atoms with van der Waals surface area (Å²) in [6, 6.07) is 11.9. The topological polar surface area (TPSA) is 50.9 Å². The molecule has 0 radical (unpaired) electrons. The second kappa shape index (κ2) is 5.08. The van der Waals surface area contributed by atoms with Gasteiger partial charge in [-0.1, -0.05) is 38.1 Å². The summed E-state index contributed by atoms with van der Waals surface area (Å²) in [5.41, 5.74) is 9.33. The third-order valence-electron chi connectivity index (χ3n) is 2.95. The molecule has 1 heterocycles. The number of hydrogen-bond donors (Lipinski definition) is 2. The van der Waals surface area contributed by atoms with Crippen molar-refractivity contribution in [2.75, 3.05) is 11.1 Å². The van der Waals surface area contributed by atoms with Gasteiger partial charge in [-0.3, -0.25) is 0 Å². The number of benzene rings is 1. The van der Waals surface area contributed by atoms with Crippen molar-refractivity contribution < 1.29 is 0 Å². The van der Waals surface area contributed by atoms with E-state index in [4.69, 9.17) is 5.73 Å². The number of para-hydroxylation sites is 1. The summed E-state index contributed by atoms with van der Waals surface area (Å²) in [4.78, 5) is 4.28. The molecular weight excluding hydrogens is 222 g/mol. The molecule has 0 aliphatic heterocycles. The molecule has 3 heteroatoms. The number of nitrogens with zero attached hydrogens (tertiary/aromatic N) is 1. The first-order valence-electron chi connectivity index (χ1n) is 6.17. The minimum Gasteiger partial charge on any atom is -0.384 e. The Hall–Kier alpha value is -2.03. The van der Waals surface area contributed by atoms with Crippen molar-refractivity contribution in [2.24, 2.45) is 0 Å². The molecule has 94 valence electrons. The van der Waals surface area contributed by atoms with Crippen LogP contribution in [-0.4, -0.2) is 4.98 Å². The van der Waals surface area contributed by atoms with Crippen LogP contribution >= 0.6 is 0 Å². The number of nitrogens with one attached hydrogen (secondary N) is 1. The summed E-state index contributed by atoms with van der Waals surface area (Å²) in [5.74, 6) is 1.78. The van der Waals surface area contributed by atoms with Gasteiger partial charge in [0, 0.05) is 5.69 Å². The maximum atomic E-state index is 5.70. The van der Waals surface area contributed by atoms with E-state index in [1.165, 1.54) is 11.1 Å². The van der Waals surface area contributed by atoms with Gasteiger partial charge in [0.25, 0.3) is 0 Å². The average Bonchev–Trinajstić information content (AvgIpc) is 2.31. The number of rotatable bonds is 3. The monoisotopic (exact) mass is 241 g/mol. The summed E-state index contributed by atoms with van der Waals surface area (Å²) < 4.78 is 0. The van der Waals surface area contributed by atoms with Gasteiger partial charge >= 0.3 is 0 Å². The van der Waals surface area contributed by atoms with Gasteiger partial charge in [-0.25, -0.2) is 4.98 Å². The molecule has 3 nitrogen and oxygen atoms in total. The predicted octanol–water partition coefficient (Wildman–Crippen LogP) is 3.84. The SMILES string of the molecule is Cc1cccc(C(C)C)c1Nc1cccc(N)n1. The highest BCUT2D eigenvalue weighted by molar-refractivity contribution is 5.66. The molecule has 2 rings (SSSR count). The van der Waals surface area contributed by atoms with E-state index < -0.39 is 0 Å². The number of hydrogen-bond acceptors (Lipinski definition) is 3. The average molecular weight is 241 g/mol. The minimum atomic E-state index is 0.466. The molecular formula is C15H19N3. The quantitative estimate of drug-likeness (QED) is 0.858. The fourth-order valence-electron chi connectivity index (χ4n) is 1.99. The Kier molecular flexibility index (Phi) is 3.51. The molecule has 0 saturated carbocycles. The Morgan fingerprint density at radius 3 is 2.50 bits per heavy atom. The lowest BCUT2D eigenvalue weighted by Gasteiger charge is -2.16. The zero-order valence-electron chi connectivity index (χ0n) is 11.1. The van der Waals surface area contributed by atoms with Crippen molar-refractivity contribution in [2.45, 2.75) is 26.7 Å². The van der Waals surface area contributed by atoms with Crippen LogP contribution in [0, 0.1) is 6.92 Å². The van der Waals surface area contributed by atoms with Gasteiger partial charge in [0.05, 0.1) is 0 Å². The molecule has 0 spiro atoms. The van der Waals surface area contributed by atoms with Crippen LogP contribution in [0.1, 0.15) is 30.9 Å². The van der Waals surface area contributed by atoms with E-state index in [2.05, 4.69) is 49.3 Å². The number of aryl methyl sites for hydroxylation is 1. The highest BCUT2D eigenvalue weighted by atomic mass is 15.0. The third kappa shape index (κ3) is 2.62. The van der Waals surface area contributed by atoms with Crippen LogP contribution in [-0.2, 0) is 0 Å². The standard InChI is InChI=1S/C15H19N3/c1-10(2)12-7-4-6-11(3)15(12)18-14-9-5-8-13(16)17-14/h4-10H,1-3H3,(H3,16,17,18). The van der Waals surface area contributed by atoms with Gasteiger partial charge in [-0.15, -0.1) is 0 Å². The van der Waals surface area contributed by atoms with Gasteiger partial charge in [-0.05, 0) is 36.1 Å². The number of aromatic nitrogens is 1. The zero-order chi connectivity index (χ0) is 13.1. The molecule has 1 aromatic carbocycles. The lowest BCUT2D eigenvalue weighted by molar-refractivity contribution is 0.867. The first kappa shape index (κ1) is 12.4. The maximum Gasteiger partial charge on any atom is 0.132 e. The van der Waals surface area contributed by atoms with Crippen molar-refractivity contribution in [3.05, 3.63) is 47.5 Å². The predicted molar refractivity (Wildman–Crippen MR) is 77.2 cm³/mol. The van der Waals surface area contributed by atoms with Crippen molar-refractivity contribution in [1.82, 2.24) is 4.98 Å². The van der Waals surface area contributed by atoms with E-state index in [9.17, 15) is 0 Å². The van der Waals surface area contributed by atoms with Gasteiger partial charge in [-0.2, -0.15) is 0 Å². The Morgan fingerprint density at radius 2 is 1.83 bits per heavy atom. The van der Waals surface area contributed by atoms with Crippen LogP contribution in [0.4, 0.5) is 17.3 Å². The molecule has 0 aliphatic rings. The summed E-state index contributed by atoms with van der Waals surface area (Å²) in [7, 11) is 0. The van der Waals surface area contributed by atoms with E-state index >= 15 is 0 Å². The first-order chi connectivity index (χ1) is 8.58. The molecule has 1 aromatic heterocycles. The molecule has 2 aromatic rings. The van der Waals surface area contributed by atoms with Crippen molar-refractivity contribution in [3.63, 3.8) is 0 Å². The Balaban J connectivity index is 2.39.